The van der Waals surface area contributed by atoms with E-state index in [2.05, 4.69) is 20.6 Å². The summed E-state index contributed by atoms with van der Waals surface area (Å²) in [6.45, 7) is 1.34. The van der Waals surface area contributed by atoms with Crippen molar-refractivity contribution in [1.29, 1.82) is 0 Å². The third kappa shape index (κ3) is 7.83. The smallest absolute Gasteiger partial charge is 0.305 e. The van der Waals surface area contributed by atoms with Gasteiger partial charge >= 0.3 is 5.97 Å². The Kier molecular flexibility index (Phi) is 8.23. The van der Waals surface area contributed by atoms with E-state index >= 15 is 0 Å². The second-order valence-corrected chi connectivity index (χ2v) is 6.77. The van der Waals surface area contributed by atoms with Gasteiger partial charge in [0.15, 0.2) is 12.2 Å². The number of aliphatic imine (C=N–C) groups is 1. The topological polar surface area (TPSA) is 167 Å². The summed E-state index contributed by atoms with van der Waals surface area (Å²) in [4.78, 5) is 29.1. The van der Waals surface area contributed by atoms with Gasteiger partial charge in [-0.1, -0.05) is 17.3 Å². The zero-order valence-corrected chi connectivity index (χ0v) is 16.6. The molecule has 162 valence electrons. The quantitative estimate of drug-likeness (QED) is 0.174. The zero-order chi connectivity index (χ0) is 22.1. The van der Waals surface area contributed by atoms with E-state index in [1.54, 1.807) is 22.8 Å². The van der Waals surface area contributed by atoms with Crippen molar-refractivity contribution < 1.29 is 23.8 Å². The number of aromatic nitrogens is 3. The van der Waals surface area contributed by atoms with Crippen molar-refractivity contribution >= 4 is 17.8 Å². The van der Waals surface area contributed by atoms with Gasteiger partial charge in [-0.15, -0.1) is 0 Å². The largest absolute Gasteiger partial charge is 0.481 e. The summed E-state index contributed by atoms with van der Waals surface area (Å²) in [6, 6.07) is 4.60. The van der Waals surface area contributed by atoms with Crippen LogP contribution < -0.4 is 21.5 Å². The molecule has 0 bridgehead atoms. The lowest BCUT2D eigenvalue weighted by Crippen LogP contribution is -2.38. The molecule has 0 aliphatic rings. The monoisotopic (exact) mass is 421 g/mol. The third-order valence-corrected chi connectivity index (χ3v) is 4.09. The van der Waals surface area contributed by atoms with E-state index in [0.29, 0.717) is 30.9 Å². The highest BCUT2D eigenvalue weighted by atomic mass is 19.1. The number of aromatic amines is 1. The maximum atomic E-state index is 13.1. The van der Waals surface area contributed by atoms with Gasteiger partial charge in [0, 0.05) is 5.10 Å². The lowest BCUT2D eigenvalue weighted by molar-refractivity contribution is -0.751. The first-order valence-electron chi connectivity index (χ1n) is 9.17. The molecule has 1 amide bonds. The lowest BCUT2D eigenvalue weighted by atomic mass is 10.0. The molecule has 7 N–H and O–H groups in total. The average molecular weight is 421 g/mol. The predicted molar refractivity (Wildman–Crippen MR) is 105 cm³/mol. The Morgan fingerprint density at radius 1 is 1.37 bits per heavy atom. The highest BCUT2D eigenvalue weighted by Crippen LogP contribution is 2.17. The van der Waals surface area contributed by atoms with Crippen LogP contribution in [0.1, 0.15) is 23.7 Å². The number of hydrogen-bond acceptors (Lipinski definition) is 5. The second-order valence-electron chi connectivity index (χ2n) is 6.77. The van der Waals surface area contributed by atoms with Gasteiger partial charge in [0.2, 0.25) is 11.6 Å². The molecule has 0 spiro atoms. The van der Waals surface area contributed by atoms with Crippen LogP contribution in [0.15, 0.2) is 35.5 Å². The standard InChI is InChI=1S/C18H25FN8O3/c1-26(9-14-10-27(25-24-14)7-6-22-18(20)21)11-16(28)23-15(8-17(29)30)12-2-4-13(19)5-3-12/h2-5,10,15H,6-9,11H2,1H3,(H6,20,21,22,23,28,29,30)/p+1/t15-/m0/s1. The Hall–Kier alpha value is -3.54. The highest BCUT2D eigenvalue weighted by molar-refractivity contribution is 5.79. The molecule has 1 atom stereocenters. The number of benzene rings is 1. The number of H-pyrrole nitrogens is 1. The van der Waals surface area contributed by atoms with E-state index in [1.807, 2.05) is 0 Å². The number of hydrogen-bond donors (Lipinski definition) is 5. The van der Waals surface area contributed by atoms with Crippen LogP contribution in [0.25, 0.3) is 0 Å². The van der Waals surface area contributed by atoms with Crippen LogP contribution >= 0.6 is 0 Å². The Bertz CT molecular complexity index is 880. The van der Waals surface area contributed by atoms with Crippen LogP contribution in [0.2, 0.25) is 0 Å². The molecule has 2 rings (SSSR count). The molecule has 0 saturated heterocycles. The maximum Gasteiger partial charge on any atom is 0.305 e. The molecule has 2 aromatic rings. The Morgan fingerprint density at radius 2 is 2.07 bits per heavy atom. The number of nitrogens with one attached hydrogen (secondary N) is 2. The number of carboxylic acid groups (broad SMARTS) is 1. The van der Waals surface area contributed by atoms with E-state index in [0.717, 1.165) is 0 Å². The van der Waals surface area contributed by atoms with Gasteiger partial charge in [-0.3, -0.25) is 14.5 Å². The molecule has 12 heteroatoms. The van der Waals surface area contributed by atoms with Gasteiger partial charge < -0.3 is 21.9 Å². The van der Waals surface area contributed by atoms with Crippen LogP contribution in [0.5, 0.6) is 0 Å². The molecule has 1 aromatic heterocycles. The lowest BCUT2D eigenvalue weighted by Gasteiger charge is -2.20. The molecule has 30 heavy (non-hydrogen) atoms. The number of nitrogens with two attached hydrogens (primary N) is 2. The third-order valence-electron chi connectivity index (χ3n) is 4.09. The summed E-state index contributed by atoms with van der Waals surface area (Å²) in [6.07, 6.45) is 1.47. The van der Waals surface area contributed by atoms with Crippen molar-refractivity contribution in [1.82, 2.24) is 20.5 Å². The normalized spacial score (nSPS) is 11.8. The number of carboxylic acids is 1. The number of rotatable bonds is 11. The average Bonchev–Trinajstić information content (AvgIpc) is 3.08. The van der Waals surface area contributed by atoms with Gasteiger partial charge in [0.25, 0.3) is 0 Å². The summed E-state index contributed by atoms with van der Waals surface area (Å²) < 4.78 is 14.8. The van der Waals surface area contributed by atoms with Crippen LogP contribution in [-0.4, -0.2) is 58.3 Å². The minimum atomic E-state index is -1.07. The SMILES string of the molecule is CN(CC(=O)N[C@@H](CC(=O)O)c1ccc(F)cc1)Cc1c[n+](CCN=C(N)N)[nH]n1. The van der Waals surface area contributed by atoms with E-state index in [9.17, 15) is 14.0 Å². The summed E-state index contributed by atoms with van der Waals surface area (Å²) in [5.41, 5.74) is 11.8. The van der Waals surface area contributed by atoms with Crippen molar-refractivity contribution in [2.75, 3.05) is 20.1 Å². The maximum absolute atomic E-state index is 13.1. The summed E-state index contributed by atoms with van der Waals surface area (Å²) >= 11 is 0. The molecule has 0 radical (unpaired) electrons. The van der Waals surface area contributed by atoms with Gasteiger partial charge in [-0.05, 0) is 24.7 Å². The molecular weight excluding hydrogens is 395 g/mol. The van der Waals surface area contributed by atoms with Gasteiger partial charge in [-0.25, -0.2) is 9.38 Å². The van der Waals surface area contributed by atoms with Crippen molar-refractivity contribution in [3.8, 4) is 0 Å². The second kappa shape index (κ2) is 10.9. The molecule has 0 saturated carbocycles. The van der Waals surface area contributed by atoms with Crippen molar-refractivity contribution in [2.24, 2.45) is 16.5 Å². The molecule has 0 fully saturated rings. The number of guanidine groups is 1. The zero-order valence-electron chi connectivity index (χ0n) is 16.6. The van der Waals surface area contributed by atoms with E-state index in [4.69, 9.17) is 16.6 Å². The number of aliphatic carboxylic acids is 1. The van der Waals surface area contributed by atoms with Crippen molar-refractivity contribution in [3.05, 3.63) is 47.5 Å². The number of nitrogens with zero attached hydrogens (tertiary/aromatic N) is 4. The molecule has 0 aliphatic carbocycles. The number of likely N-dealkylation sites (N-methyl/N-ethyl adjacent to an activating group) is 1. The van der Waals surface area contributed by atoms with Gasteiger partial charge in [0.1, 0.15) is 12.4 Å². The first-order valence-corrected chi connectivity index (χ1v) is 9.17. The minimum Gasteiger partial charge on any atom is -0.481 e. The van der Waals surface area contributed by atoms with Crippen LogP contribution in [-0.2, 0) is 22.7 Å². The fraction of sp³-hybridized carbons (Fsp3) is 0.389. The Labute approximate surface area is 172 Å². The van der Waals surface area contributed by atoms with E-state index in [1.165, 1.54) is 24.3 Å². The molecule has 0 unspecified atom stereocenters. The highest BCUT2D eigenvalue weighted by Gasteiger charge is 2.20. The molecule has 1 aromatic carbocycles. The first-order chi connectivity index (χ1) is 14.2. The van der Waals surface area contributed by atoms with Crippen LogP contribution in [0.4, 0.5) is 4.39 Å². The van der Waals surface area contributed by atoms with Crippen LogP contribution in [0.3, 0.4) is 0 Å². The van der Waals surface area contributed by atoms with E-state index < -0.39 is 17.8 Å². The summed E-state index contributed by atoms with van der Waals surface area (Å²) in [5, 5.41) is 18.8. The minimum absolute atomic E-state index is 0.0166. The fourth-order valence-electron chi connectivity index (χ4n) is 2.78. The molecule has 1 heterocycles. The molecule has 11 nitrogen and oxygen atoms in total. The first kappa shape index (κ1) is 22.7. The number of amides is 1. The Balaban J connectivity index is 1.89. The number of carbonyl (C=O) groups is 2. The fourth-order valence-corrected chi connectivity index (χ4v) is 2.78. The summed E-state index contributed by atoms with van der Waals surface area (Å²) in [7, 11) is 1.74. The number of carbonyl (C=O) groups excluding carboxylic acids is 1. The van der Waals surface area contributed by atoms with E-state index in [-0.39, 0.29) is 24.8 Å². The Morgan fingerprint density at radius 3 is 2.70 bits per heavy atom. The predicted octanol–water partition coefficient (Wildman–Crippen LogP) is -1.13. The summed E-state index contributed by atoms with van der Waals surface area (Å²) in [5.74, 6) is -1.85. The van der Waals surface area contributed by atoms with Crippen molar-refractivity contribution in [2.45, 2.75) is 25.6 Å². The van der Waals surface area contributed by atoms with Crippen molar-refractivity contribution in [3.63, 3.8) is 0 Å². The van der Waals surface area contributed by atoms with Crippen LogP contribution in [0, 0.1) is 5.82 Å². The van der Waals surface area contributed by atoms with Gasteiger partial charge in [-0.2, -0.15) is 4.68 Å². The number of halogens is 1. The molecular formula is C18H26FN8O3+. The molecule has 0 aliphatic heterocycles. The van der Waals surface area contributed by atoms with Gasteiger partial charge in [0.05, 0.1) is 32.1 Å².